The van der Waals surface area contributed by atoms with Gasteiger partial charge in [0.1, 0.15) is 23.9 Å². The lowest BCUT2D eigenvalue weighted by atomic mass is 9.92. The molecule has 3 rings (SSSR count). The number of amides is 2. The van der Waals surface area contributed by atoms with Crippen LogP contribution in [0.3, 0.4) is 0 Å². The fourth-order valence-electron chi connectivity index (χ4n) is 3.38. The van der Waals surface area contributed by atoms with Gasteiger partial charge in [-0.15, -0.1) is 0 Å². The molecule has 1 atom stereocenters. The van der Waals surface area contributed by atoms with Gasteiger partial charge in [-0.3, -0.25) is 4.90 Å². The maximum atomic E-state index is 12.2. The van der Waals surface area contributed by atoms with Crippen LogP contribution in [0.25, 0.3) is 0 Å². The molecule has 0 radical (unpaired) electrons. The third-order valence-electron chi connectivity index (χ3n) is 4.71. The molecule has 2 aliphatic rings. The molecule has 1 aromatic heterocycles. The van der Waals surface area contributed by atoms with Crippen LogP contribution < -0.4 is 4.90 Å². The third-order valence-corrected chi connectivity index (χ3v) is 4.71. The number of hydrogen-bond acceptors (Lipinski definition) is 6. The summed E-state index contributed by atoms with van der Waals surface area (Å²) in [6.45, 7) is 9.37. The second kappa shape index (κ2) is 7.70. The van der Waals surface area contributed by atoms with Gasteiger partial charge in [0.2, 0.25) is 0 Å². The van der Waals surface area contributed by atoms with Crippen molar-refractivity contribution in [1.82, 2.24) is 14.9 Å². The molecule has 148 valence electrons. The van der Waals surface area contributed by atoms with Gasteiger partial charge < -0.3 is 14.4 Å². The number of carbonyl (C=O) groups excluding carboxylic acids is 2. The van der Waals surface area contributed by atoms with Crippen LogP contribution in [-0.4, -0.2) is 58.4 Å². The minimum Gasteiger partial charge on any atom is -0.444 e. The van der Waals surface area contributed by atoms with Crippen molar-refractivity contribution >= 4 is 18.0 Å². The molecule has 1 aromatic rings. The van der Waals surface area contributed by atoms with E-state index in [0.717, 1.165) is 25.0 Å². The Labute approximate surface area is 159 Å². The lowest BCUT2D eigenvalue weighted by molar-refractivity contribution is 0.0184. The van der Waals surface area contributed by atoms with Gasteiger partial charge in [0.15, 0.2) is 0 Å². The molecule has 0 aliphatic carbocycles. The Morgan fingerprint density at radius 2 is 2.00 bits per heavy atom. The quantitative estimate of drug-likeness (QED) is 0.806. The zero-order valence-corrected chi connectivity index (χ0v) is 16.5. The third kappa shape index (κ3) is 5.08. The Kier molecular flexibility index (Phi) is 5.53. The average Bonchev–Trinajstić information content (AvgIpc) is 2.92. The van der Waals surface area contributed by atoms with E-state index in [1.165, 1.54) is 6.33 Å². The van der Waals surface area contributed by atoms with Gasteiger partial charge in [-0.25, -0.2) is 19.6 Å². The van der Waals surface area contributed by atoms with Crippen LogP contribution in [0.15, 0.2) is 12.4 Å². The Morgan fingerprint density at radius 1 is 1.30 bits per heavy atom. The smallest absolute Gasteiger partial charge is 0.415 e. The first-order valence-electron chi connectivity index (χ1n) is 9.48. The topological polar surface area (TPSA) is 84.9 Å². The van der Waals surface area contributed by atoms with Crippen LogP contribution in [0, 0.1) is 5.92 Å². The van der Waals surface area contributed by atoms with E-state index in [4.69, 9.17) is 9.47 Å². The molecule has 2 amide bonds. The van der Waals surface area contributed by atoms with Gasteiger partial charge >= 0.3 is 12.2 Å². The van der Waals surface area contributed by atoms with Gasteiger partial charge in [-0.05, 0) is 52.9 Å². The van der Waals surface area contributed by atoms with Crippen molar-refractivity contribution in [1.29, 1.82) is 0 Å². The predicted octanol–water partition coefficient (Wildman–Crippen LogP) is 3.01. The summed E-state index contributed by atoms with van der Waals surface area (Å²) in [4.78, 5) is 35.9. The molecule has 0 aromatic carbocycles. The monoisotopic (exact) mass is 376 g/mol. The zero-order chi connectivity index (χ0) is 19.6. The lowest BCUT2D eigenvalue weighted by Gasteiger charge is -2.33. The Balaban J connectivity index is 1.54. The molecule has 8 nitrogen and oxygen atoms in total. The number of nitrogens with zero attached hydrogens (tertiary/aromatic N) is 4. The van der Waals surface area contributed by atoms with E-state index in [1.54, 1.807) is 9.80 Å². The van der Waals surface area contributed by atoms with Crippen LogP contribution in [0.1, 0.15) is 46.2 Å². The van der Waals surface area contributed by atoms with E-state index in [9.17, 15) is 9.59 Å². The zero-order valence-electron chi connectivity index (χ0n) is 16.5. The average molecular weight is 376 g/mol. The number of anilines is 1. The fourth-order valence-corrected chi connectivity index (χ4v) is 3.38. The summed E-state index contributed by atoms with van der Waals surface area (Å²) in [5, 5.41) is 0. The highest BCUT2D eigenvalue weighted by atomic mass is 16.6. The number of cyclic esters (lactones) is 1. The first-order valence-corrected chi connectivity index (χ1v) is 9.48. The summed E-state index contributed by atoms with van der Waals surface area (Å²) in [6, 6.07) is 1.86. The van der Waals surface area contributed by atoms with Gasteiger partial charge in [0.25, 0.3) is 0 Å². The first-order chi connectivity index (χ1) is 12.7. The second-order valence-electron chi connectivity index (χ2n) is 8.29. The van der Waals surface area contributed by atoms with E-state index in [1.807, 2.05) is 33.8 Å². The van der Waals surface area contributed by atoms with Crippen LogP contribution in [0.4, 0.5) is 15.4 Å². The highest BCUT2D eigenvalue weighted by Crippen LogP contribution is 2.25. The molecule has 27 heavy (non-hydrogen) atoms. The molecule has 0 saturated carbocycles. The van der Waals surface area contributed by atoms with Crippen LogP contribution in [0.2, 0.25) is 0 Å². The van der Waals surface area contributed by atoms with Crippen LogP contribution >= 0.6 is 0 Å². The largest absolute Gasteiger partial charge is 0.444 e. The van der Waals surface area contributed by atoms with E-state index in [-0.39, 0.29) is 18.3 Å². The highest BCUT2D eigenvalue weighted by molar-refractivity contribution is 5.88. The number of rotatable bonds is 3. The van der Waals surface area contributed by atoms with Crippen LogP contribution in [0.5, 0.6) is 0 Å². The van der Waals surface area contributed by atoms with Gasteiger partial charge in [-0.1, -0.05) is 0 Å². The Hall–Kier alpha value is -2.38. The fraction of sp³-hybridized carbons (Fsp3) is 0.684. The summed E-state index contributed by atoms with van der Waals surface area (Å²) < 4.78 is 10.6. The molecular weight excluding hydrogens is 348 g/mol. The van der Waals surface area contributed by atoms with Crippen molar-refractivity contribution in [3.63, 3.8) is 0 Å². The summed E-state index contributed by atoms with van der Waals surface area (Å²) >= 11 is 0. The maximum Gasteiger partial charge on any atom is 0.415 e. The highest BCUT2D eigenvalue weighted by Gasteiger charge is 2.31. The minimum atomic E-state index is -0.473. The molecule has 2 aliphatic heterocycles. The van der Waals surface area contributed by atoms with Crippen molar-refractivity contribution in [2.24, 2.45) is 5.92 Å². The molecule has 0 bridgehead atoms. The van der Waals surface area contributed by atoms with E-state index >= 15 is 0 Å². The molecule has 0 N–H and O–H groups in total. The summed E-state index contributed by atoms with van der Waals surface area (Å²) in [6.07, 6.45) is 3.37. The van der Waals surface area contributed by atoms with Crippen molar-refractivity contribution in [3.05, 3.63) is 18.1 Å². The van der Waals surface area contributed by atoms with Crippen molar-refractivity contribution < 1.29 is 19.1 Å². The number of ether oxygens (including phenoxy) is 2. The van der Waals surface area contributed by atoms with E-state index < -0.39 is 5.60 Å². The lowest BCUT2D eigenvalue weighted by Crippen LogP contribution is -2.42. The number of hydrogen-bond donors (Lipinski definition) is 0. The number of piperidine rings is 1. The van der Waals surface area contributed by atoms with E-state index in [2.05, 4.69) is 9.97 Å². The molecule has 3 heterocycles. The number of likely N-dealkylation sites (tertiary alicyclic amines) is 1. The van der Waals surface area contributed by atoms with Crippen molar-refractivity contribution in [2.45, 2.75) is 58.7 Å². The van der Waals surface area contributed by atoms with Gasteiger partial charge in [-0.2, -0.15) is 0 Å². The molecule has 2 saturated heterocycles. The van der Waals surface area contributed by atoms with Crippen molar-refractivity contribution in [3.8, 4) is 0 Å². The Morgan fingerprint density at radius 3 is 2.59 bits per heavy atom. The van der Waals surface area contributed by atoms with E-state index in [0.29, 0.717) is 31.4 Å². The molecular formula is C19H28N4O4. The standard InChI is InChI=1S/C19H28N4O4/c1-13-11-23(18(25)26-13)16-10-15(20-12-21-16)9-14-5-7-22(8-6-14)17(24)27-19(2,3)4/h10,12-14H,5-9,11H2,1-4H3/t13-/m1/s1. The normalized spacial score (nSPS) is 21.3. The predicted molar refractivity (Wildman–Crippen MR) is 99.6 cm³/mol. The summed E-state index contributed by atoms with van der Waals surface area (Å²) in [5.41, 5.74) is 0.433. The first kappa shape index (κ1) is 19.4. The van der Waals surface area contributed by atoms with Crippen LogP contribution in [-0.2, 0) is 15.9 Å². The second-order valence-corrected chi connectivity index (χ2v) is 8.29. The molecule has 0 unspecified atom stereocenters. The summed E-state index contributed by atoms with van der Waals surface area (Å²) in [5.74, 6) is 1.02. The minimum absolute atomic E-state index is 0.131. The number of carbonyl (C=O) groups is 2. The van der Waals surface area contributed by atoms with Gasteiger partial charge in [0, 0.05) is 24.8 Å². The Bertz CT molecular complexity index is 695. The molecule has 0 spiro atoms. The van der Waals surface area contributed by atoms with Gasteiger partial charge in [0.05, 0.1) is 6.54 Å². The summed E-state index contributed by atoms with van der Waals surface area (Å²) in [7, 11) is 0. The number of aromatic nitrogens is 2. The molecule has 2 fully saturated rings. The van der Waals surface area contributed by atoms with Crippen molar-refractivity contribution in [2.75, 3.05) is 24.5 Å². The SMILES string of the molecule is C[C@@H]1CN(c2cc(CC3CCN(C(=O)OC(C)(C)C)CC3)ncn2)C(=O)O1. The molecule has 8 heteroatoms. The maximum absolute atomic E-state index is 12.2.